The molecule has 4 nitrogen and oxygen atoms in total. The van der Waals surface area contributed by atoms with E-state index in [-0.39, 0.29) is 6.10 Å². The van der Waals surface area contributed by atoms with E-state index in [2.05, 4.69) is 10.6 Å². The van der Waals surface area contributed by atoms with Crippen LogP contribution in [-0.4, -0.2) is 28.9 Å². The highest BCUT2D eigenvalue weighted by Crippen LogP contribution is 2.29. The minimum absolute atomic E-state index is 0.128. The highest BCUT2D eigenvalue weighted by atomic mass is 35.5. The number of hydrogen-bond acceptors (Lipinski definition) is 3. The number of alkyl halides is 1. The fraction of sp³-hybridized carbons (Fsp3) is 0.562. The summed E-state index contributed by atoms with van der Waals surface area (Å²) >= 11 is 6.09. The Kier molecular flexibility index (Phi) is 4.36. The van der Waals surface area contributed by atoms with Crippen LogP contribution in [0.25, 0.3) is 11.0 Å². The van der Waals surface area contributed by atoms with E-state index in [4.69, 9.17) is 26.1 Å². The van der Waals surface area contributed by atoms with Crippen molar-refractivity contribution in [1.29, 1.82) is 0 Å². The largest absolute Gasteiger partial charge is 0.489 e. The van der Waals surface area contributed by atoms with Crippen LogP contribution in [0.4, 0.5) is 0 Å². The lowest BCUT2D eigenvalue weighted by molar-refractivity contribution is 0.182. The summed E-state index contributed by atoms with van der Waals surface area (Å²) in [4.78, 5) is 4.69. The van der Waals surface area contributed by atoms with Gasteiger partial charge in [-0.25, -0.2) is 4.98 Å². The number of para-hydroxylation sites is 1. The number of aromatic nitrogens is 2. The van der Waals surface area contributed by atoms with Crippen molar-refractivity contribution in [2.45, 2.75) is 38.8 Å². The lowest BCUT2D eigenvalue weighted by Gasteiger charge is -2.13. The molecule has 0 bridgehead atoms. The minimum Gasteiger partial charge on any atom is -0.489 e. The average Bonchev–Trinajstić information content (AvgIpc) is 3.07. The molecule has 1 aromatic carbocycles. The first-order chi connectivity index (χ1) is 10.2. The second-order valence-electron chi connectivity index (χ2n) is 5.79. The Bertz CT molecular complexity index is 618. The molecule has 0 radical (unpaired) electrons. The molecule has 1 aliphatic heterocycles. The Labute approximate surface area is 130 Å². The van der Waals surface area contributed by atoms with Crippen molar-refractivity contribution in [3.8, 4) is 5.75 Å². The van der Waals surface area contributed by atoms with E-state index in [1.54, 1.807) is 0 Å². The summed E-state index contributed by atoms with van der Waals surface area (Å²) in [7, 11) is 0. The zero-order chi connectivity index (χ0) is 14.8. The maximum atomic E-state index is 6.09. The first-order valence-corrected chi connectivity index (χ1v) is 8.01. The molecule has 1 fully saturated rings. The van der Waals surface area contributed by atoms with Crippen molar-refractivity contribution in [3.05, 3.63) is 24.0 Å². The number of nitrogens with zero attached hydrogens (tertiary/aromatic N) is 2. The van der Waals surface area contributed by atoms with Gasteiger partial charge >= 0.3 is 0 Å². The van der Waals surface area contributed by atoms with Crippen LogP contribution in [0.5, 0.6) is 5.75 Å². The van der Waals surface area contributed by atoms with Gasteiger partial charge in [-0.1, -0.05) is 6.07 Å². The molecule has 1 aliphatic rings. The molecule has 1 unspecified atom stereocenters. The molecule has 1 atom stereocenters. The monoisotopic (exact) mass is 308 g/mol. The third-order valence-corrected chi connectivity index (χ3v) is 4.01. The predicted molar refractivity (Wildman–Crippen MR) is 84.0 cm³/mol. The number of benzene rings is 1. The third kappa shape index (κ3) is 3.01. The van der Waals surface area contributed by atoms with Crippen LogP contribution in [0, 0.1) is 5.92 Å². The van der Waals surface area contributed by atoms with E-state index < -0.39 is 0 Å². The Morgan fingerprint density at radius 3 is 3.00 bits per heavy atom. The number of imidazole rings is 1. The summed E-state index contributed by atoms with van der Waals surface area (Å²) in [5.41, 5.74) is 2.00. The molecule has 21 heavy (non-hydrogen) atoms. The van der Waals surface area contributed by atoms with Crippen molar-refractivity contribution in [2.24, 2.45) is 5.92 Å². The predicted octanol–water partition coefficient (Wildman–Crippen LogP) is 3.60. The molecule has 0 aliphatic carbocycles. The quantitative estimate of drug-likeness (QED) is 0.792. The van der Waals surface area contributed by atoms with E-state index >= 15 is 0 Å². The summed E-state index contributed by atoms with van der Waals surface area (Å²) < 4.78 is 13.6. The van der Waals surface area contributed by atoms with Crippen molar-refractivity contribution in [3.63, 3.8) is 0 Å². The Morgan fingerprint density at radius 1 is 1.48 bits per heavy atom. The summed E-state index contributed by atoms with van der Waals surface area (Å²) in [6, 6.07) is 6.07. The molecule has 1 aromatic heterocycles. The Balaban J connectivity index is 2.01. The van der Waals surface area contributed by atoms with E-state index in [1.165, 1.54) is 0 Å². The number of ether oxygens (including phenoxy) is 2. The van der Waals surface area contributed by atoms with Crippen LogP contribution in [0.2, 0.25) is 0 Å². The highest BCUT2D eigenvalue weighted by molar-refractivity contribution is 6.16. The van der Waals surface area contributed by atoms with Crippen LogP contribution in [0.1, 0.15) is 26.1 Å². The van der Waals surface area contributed by atoms with Crippen LogP contribution in [0.15, 0.2) is 18.2 Å². The van der Waals surface area contributed by atoms with Gasteiger partial charge in [-0.3, -0.25) is 0 Å². The SMILES string of the molecule is CC(C)Oc1cccc2c1nc(CCl)n2CC1CCOC1. The van der Waals surface area contributed by atoms with Gasteiger partial charge in [0.2, 0.25) is 0 Å². The van der Waals surface area contributed by atoms with Crippen LogP contribution in [0.3, 0.4) is 0 Å². The first-order valence-electron chi connectivity index (χ1n) is 7.47. The van der Waals surface area contributed by atoms with E-state index in [1.807, 2.05) is 26.0 Å². The molecule has 0 spiro atoms. The van der Waals surface area contributed by atoms with Gasteiger partial charge in [-0.05, 0) is 32.4 Å². The molecule has 0 N–H and O–H groups in total. The molecule has 114 valence electrons. The van der Waals surface area contributed by atoms with Gasteiger partial charge in [0.25, 0.3) is 0 Å². The summed E-state index contributed by atoms with van der Waals surface area (Å²) in [5, 5.41) is 0. The van der Waals surface area contributed by atoms with Gasteiger partial charge < -0.3 is 14.0 Å². The lowest BCUT2D eigenvalue weighted by atomic mass is 10.1. The fourth-order valence-corrected chi connectivity index (χ4v) is 3.01. The van der Waals surface area contributed by atoms with Crippen molar-refractivity contribution < 1.29 is 9.47 Å². The highest BCUT2D eigenvalue weighted by Gasteiger charge is 2.20. The van der Waals surface area contributed by atoms with E-state index in [0.717, 1.165) is 48.8 Å². The number of hydrogen-bond donors (Lipinski definition) is 0. The molecule has 0 amide bonds. The fourth-order valence-electron chi connectivity index (χ4n) is 2.81. The van der Waals surface area contributed by atoms with Crippen molar-refractivity contribution >= 4 is 22.6 Å². The molecule has 0 saturated carbocycles. The topological polar surface area (TPSA) is 36.3 Å². The first kappa shape index (κ1) is 14.7. The lowest BCUT2D eigenvalue weighted by Crippen LogP contribution is -2.12. The summed E-state index contributed by atoms with van der Waals surface area (Å²) in [6.07, 6.45) is 1.23. The van der Waals surface area contributed by atoms with Gasteiger partial charge in [0.05, 0.1) is 24.1 Å². The van der Waals surface area contributed by atoms with Gasteiger partial charge in [0, 0.05) is 19.1 Å². The molecule has 3 rings (SSSR count). The molecular formula is C16H21ClN2O2. The zero-order valence-electron chi connectivity index (χ0n) is 12.5. The van der Waals surface area contributed by atoms with Gasteiger partial charge in [-0.15, -0.1) is 11.6 Å². The Morgan fingerprint density at radius 2 is 2.33 bits per heavy atom. The van der Waals surface area contributed by atoms with Crippen LogP contribution in [-0.2, 0) is 17.2 Å². The summed E-state index contributed by atoms with van der Waals surface area (Å²) in [6.45, 7) is 6.63. The van der Waals surface area contributed by atoms with Crippen molar-refractivity contribution in [2.75, 3.05) is 13.2 Å². The smallest absolute Gasteiger partial charge is 0.147 e. The number of rotatable bonds is 5. The molecule has 1 saturated heterocycles. The average molecular weight is 309 g/mol. The number of halogens is 1. The molecule has 2 heterocycles. The standard InChI is InChI=1S/C16H21ClN2O2/c1-11(2)21-14-5-3-4-13-16(14)18-15(8-17)19(13)9-12-6-7-20-10-12/h3-5,11-12H,6-10H2,1-2H3. The molecular weight excluding hydrogens is 288 g/mol. The maximum absolute atomic E-state index is 6.09. The van der Waals surface area contributed by atoms with Gasteiger partial charge in [0.1, 0.15) is 17.1 Å². The van der Waals surface area contributed by atoms with Crippen molar-refractivity contribution in [1.82, 2.24) is 9.55 Å². The second-order valence-corrected chi connectivity index (χ2v) is 6.06. The molecule has 2 aromatic rings. The zero-order valence-corrected chi connectivity index (χ0v) is 13.3. The Hall–Kier alpha value is -1.26. The normalized spacial score (nSPS) is 18.8. The third-order valence-electron chi connectivity index (χ3n) is 3.77. The van der Waals surface area contributed by atoms with Gasteiger partial charge in [-0.2, -0.15) is 0 Å². The summed E-state index contributed by atoms with van der Waals surface area (Å²) in [5.74, 6) is 2.68. The molecule has 5 heteroatoms. The second kappa shape index (κ2) is 6.24. The van der Waals surface area contributed by atoms with E-state index in [0.29, 0.717) is 11.8 Å². The minimum atomic E-state index is 0.128. The van der Waals surface area contributed by atoms with E-state index in [9.17, 15) is 0 Å². The van der Waals surface area contributed by atoms with Crippen LogP contribution >= 0.6 is 11.6 Å². The number of fused-ring (bicyclic) bond motifs is 1. The maximum Gasteiger partial charge on any atom is 0.147 e. The van der Waals surface area contributed by atoms with Crippen LogP contribution < -0.4 is 4.74 Å². The van der Waals surface area contributed by atoms with Gasteiger partial charge in [0.15, 0.2) is 0 Å².